The highest BCUT2D eigenvalue weighted by molar-refractivity contribution is 8.01. The van der Waals surface area contributed by atoms with Crippen LogP contribution in [0.2, 0.25) is 0 Å². The van der Waals surface area contributed by atoms with E-state index < -0.39 is 11.6 Å². The second kappa shape index (κ2) is 10.2. The molecule has 2 rings (SSSR count). The molecule has 1 aromatic rings. The fraction of sp³-hybridized carbons (Fsp3) is 0.682. The summed E-state index contributed by atoms with van der Waals surface area (Å²) in [4.78, 5) is 27.3. The summed E-state index contributed by atoms with van der Waals surface area (Å²) in [7, 11) is 0. The van der Waals surface area contributed by atoms with Gasteiger partial charge < -0.3 is 10.2 Å². The van der Waals surface area contributed by atoms with E-state index in [-0.39, 0.29) is 22.9 Å². The molecule has 3 atom stereocenters. The molecule has 1 fully saturated rings. The highest BCUT2D eigenvalue weighted by atomic mass is 32.2. The predicted octanol–water partition coefficient (Wildman–Crippen LogP) is 5.44. The van der Waals surface area contributed by atoms with Gasteiger partial charge in [-0.25, -0.2) is 9.78 Å². The van der Waals surface area contributed by atoms with Crippen molar-refractivity contribution in [2.24, 2.45) is 17.3 Å². The number of carboxylic acid groups (broad SMARTS) is 1. The highest BCUT2D eigenvalue weighted by Gasteiger charge is 2.32. The Morgan fingerprint density at radius 2 is 2.07 bits per heavy atom. The highest BCUT2D eigenvalue weighted by Crippen LogP contribution is 2.35. The molecule has 1 saturated carbocycles. The molecule has 162 valence electrons. The number of thioether (sulfide) groups is 1. The molecule has 1 heterocycles. The molecule has 0 aromatic carbocycles. The second-order valence-electron chi connectivity index (χ2n) is 9.41. The van der Waals surface area contributed by atoms with E-state index in [4.69, 9.17) is 5.11 Å². The van der Waals surface area contributed by atoms with Crippen LogP contribution in [0.25, 0.3) is 0 Å². The first kappa shape index (κ1) is 24.1. The van der Waals surface area contributed by atoms with Crippen molar-refractivity contribution >= 4 is 34.9 Å². The van der Waals surface area contributed by atoms with E-state index in [1.807, 2.05) is 13.0 Å². The van der Waals surface area contributed by atoms with Crippen molar-refractivity contribution in [3.05, 3.63) is 23.2 Å². The number of allylic oxidation sites excluding steroid dienone is 1. The zero-order valence-electron chi connectivity index (χ0n) is 17.8. The van der Waals surface area contributed by atoms with E-state index in [0.29, 0.717) is 18.6 Å². The molecule has 0 aliphatic heterocycles. The Morgan fingerprint density at radius 3 is 2.69 bits per heavy atom. The molecule has 0 spiro atoms. The Kier molecular flexibility index (Phi) is 8.49. The molecule has 0 unspecified atom stereocenters. The number of aromatic carboxylic acids is 1. The molecule has 0 radical (unpaired) electrons. The van der Waals surface area contributed by atoms with Crippen molar-refractivity contribution in [3.63, 3.8) is 0 Å². The number of ketones is 1. The van der Waals surface area contributed by atoms with Gasteiger partial charge in [0.25, 0.3) is 0 Å². The average Bonchev–Trinajstić information content (AvgIpc) is 3.21. The van der Waals surface area contributed by atoms with Crippen LogP contribution < -0.4 is 0 Å². The average molecular weight is 440 g/mol. The van der Waals surface area contributed by atoms with Gasteiger partial charge >= 0.3 is 5.97 Å². The molecule has 7 heteroatoms. The largest absolute Gasteiger partial charge is 0.476 e. The molecule has 29 heavy (non-hydrogen) atoms. The van der Waals surface area contributed by atoms with Gasteiger partial charge in [-0.15, -0.1) is 11.3 Å². The van der Waals surface area contributed by atoms with Crippen molar-refractivity contribution in [3.8, 4) is 0 Å². The minimum Gasteiger partial charge on any atom is -0.476 e. The Morgan fingerprint density at radius 1 is 1.34 bits per heavy atom. The predicted molar refractivity (Wildman–Crippen MR) is 119 cm³/mol. The quantitative estimate of drug-likeness (QED) is 0.373. The fourth-order valence-electron chi connectivity index (χ4n) is 3.48. The first-order valence-corrected chi connectivity index (χ1v) is 12.1. The fourth-order valence-corrected chi connectivity index (χ4v) is 5.37. The minimum atomic E-state index is -1.01. The van der Waals surface area contributed by atoms with E-state index in [1.54, 1.807) is 5.38 Å². The Hall–Kier alpha value is -1.18. The molecule has 0 saturated heterocycles. The third kappa shape index (κ3) is 8.22. The Labute approximate surface area is 182 Å². The summed E-state index contributed by atoms with van der Waals surface area (Å²) in [6.07, 6.45) is 8.75. The summed E-state index contributed by atoms with van der Waals surface area (Å²) >= 11 is 2.84. The van der Waals surface area contributed by atoms with E-state index in [1.165, 1.54) is 23.1 Å². The lowest BCUT2D eigenvalue weighted by Gasteiger charge is -2.27. The van der Waals surface area contributed by atoms with Gasteiger partial charge in [-0.2, -0.15) is 0 Å². The summed E-state index contributed by atoms with van der Waals surface area (Å²) < 4.78 is 0.731. The number of hydrogen-bond donors (Lipinski definition) is 2. The molecule has 1 aliphatic carbocycles. The van der Waals surface area contributed by atoms with Crippen LogP contribution in [0.4, 0.5) is 0 Å². The van der Waals surface area contributed by atoms with Gasteiger partial charge in [0.15, 0.2) is 10.0 Å². The van der Waals surface area contributed by atoms with Crippen LogP contribution in [-0.2, 0) is 4.79 Å². The topological polar surface area (TPSA) is 87.5 Å². The molecule has 1 aliphatic rings. The summed E-state index contributed by atoms with van der Waals surface area (Å²) in [5, 5.41) is 21.1. The number of hydrogen-bond acceptors (Lipinski definition) is 6. The molecule has 0 bridgehead atoms. The van der Waals surface area contributed by atoms with Crippen molar-refractivity contribution in [2.75, 3.05) is 5.75 Å². The molecular weight excluding hydrogens is 406 g/mol. The lowest BCUT2D eigenvalue weighted by atomic mass is 9.84. The summed E-state index contributed by atoms with van der Waals surface area (Å²) in [5.41, 5.74) is -0.435. The van der Waals surface area contributed by atoms with Gasteiger partial charge in [-0.3, -0.25) is 4.79 Å². The van der Waals surface area contributed by atoms with Gasteiger partial charge in [0.05, 0.1) is 5.60 Å². The first-order chi connectivity index (χ1) is 13.5. The van der Waals surface area contributed by atoms with Crippen molar-refractivity contribution < 1.29 is 19.8 Å². The van der Waals surface area contributed by atoms with Crippen molar-refractivity contribution in [1.29, 1.82) is 0 Å². The standard InChI is InChI=1S/C22H33NO4S2/c1-21(2,3)11-12-22(4,27)10-5-6-15-7-8-18(24)16(15)9-13-28-20-23-17(14-29-20)19(25)26/h5-6,14-16,27H,7-13H2,1-4H3,(H,25,26)/b6-5+/t15-,16+,22+/m0/s1. The lowest BCUT2D eigenvalue weighted by Crippen LogP contribution is -2.25. The normalized spacial score (nSPS) is 22.3. The molecular formula is C22H33NO4S2. The number of Topliss-reactive ketones (excluding diaryl/α,β-unsaturated/α-hetero) is 1. The number of aromatic nitrogens is 1. The smallest absolute Gasteiger partial charge is 0.355 e. The molecule has 1 aromatic heterocycles. The second-order valence-corrected chi connectivity index (χ2v) is 11.6. The third-order valence-electron chi connectivity index (χ3n) is 5.37. The number of carbonyl (C=O) groups is 2. The van der Waals surface area contributed by atoms with Crippen LogP contribution in [0.5, 0.6) is 0 Å². The van der Waals surface area contributed by atoms with Gasteiger partial charge in [0.2, 0.25) is 0 Å². The van der Waals surface area contributed by atoms with Crippen molar-refractivity contribution in [2.45, 2.75) is 76.2 Å². The van der Waals surface area contributed by atoms with Crippen LogP contribution in [0.3, 0.4) is 0 Å². The molecule has 5 nitrogen and oxygen atoms in total. The maximum absolute atomic E-state index is 12.3. The lowest BCUT2D eigenvalue weighted by molar-refractivity contribution is -0.121. The van der Waals surface area contributed by atoms with Crippen LogP contribution in [-0.4, -0.2) is 38.3 Å². The van der Waals surface area contributed by atoms with Gasteiger partial charge in [-0.1, -0.05) is 44.7 Å². The number of carboxylic acids is 1. The number of rotatable bonds is 10. The zero-order chi connectivity index (χ0) is 21.7. The van der Waals surface area contributed by atoms with Crippen LogP contribution in [0.1, 0.15) is 76.7 Å². The zero-order valence-corrected chi connectivity index (χ0v) is 19.4. The van der Waals surface area contributed by atoms with E-state index in [0.717, 1.165) is 35.8 Å². The summed E-state index contributed by atoms with van der Waals surface area (Å²) in [6.45, 7) is 8.43. The maximum atomic E-state index is 12.3. The SMILES string of the molecule is CC(C)(C)CC[C@](C)(O)C/C=C/[C@H]1CCC(=O)[C@@H]1CCSc1nc(C(=O)O)cs1. The van der Waals surface area contributed by atoms with Gasteiger partial charge in [-0.05, 0) is 50.4 Å². The monoisotopic (exact) mass is 439 g/mol. The van der Waals surface area contributed by atoms with Crippen LogP contribution in [0.15, 0.2) is 21.9 Å². The van der Waals surface area contributed by atoms with Crippen LogP contribution in [0, 0.1) is 17.3 Å². The van der Waals surface area contributed by atoms with Gasteiger partial charge in [0, 0.05) is 23.5 Å². The van der Waals surface area contributed by atoms with Crippen LogP contribution >= 0.6 is 23.1 Å². The number of carbonyl (C=O) groups excluding carboxylic acids is 1. The summed E-state index contributed by atoms with van der Waals surface area (Å²) in [6, 6.07) is 0. The molecule has 0 amide bonds. The minimum absolute atomic E-state index is 0.0113. The van der Waals surface area contributed by atoms with Crippen molar-refractivity contribution in [1.82, 2.24) is 4.98 Å². The third-order valence-corrected chi connectivity index (χ3v) is 7.42. The number of nitrogens with zero attached hydrogens (tertiary/aromatic N) is 1. The summed E-state index contributed by atoms with van der Waals surface area (Å²) in [5.74, 6) is 0.286. The van der Waals surface area contributed by atoms with E-state index in [9.17, 15) is 14.7 Å². The van der Waals surface area contributed by atoms with E-state index >= 15 is 0 Å². The first-order valence-electron chi connectivity index (χ1n) is 10.2. The Balaban J connectivity index is 1.82. The number of thiazole rings is 1. The van der Waals surface area contributed by atoms with Gasteiger partial charge in [0.1, 0.15) is 5.78 Å². The number of aliphatic hydroxyl groups is 1. The maximum Gasteiger partial charge on any atom is 0.355 e. The Bertz CT molecular complexity index is 733. The molecule has 2 N–H and O–H groups in total. The van der Waals surface area contributed by atoms with E-state index in [2.05, 4.69) is 31.8 Å².